The van der Waals surface area contributed by atoms with Gasteiger partial charge in [0.15, 0.2) is 0 Å². The molecule has 0 aliphatic rings. The number of nitrogens with zero attached hydrogens (tertiary/aromatic N) is 1. The van der Waals surface area contributed by atoms with Gasteiger partial charge in [-0.1, -0.05) is 6.92 Å². The third-order valence-electron chi connectivity index (χ3n) is 2.56. The Morgan fingerprint density at radius 2 is 1.70 bits per heavy atom. The van der Waals surface area contributed by atoms with Crippen molar-refractivity contribution in [3.05, 3.63) is 23.8 Å². The zero-order chi connectivity index (χ0) is 15.6. The van der Waals surface area contributed by atoms with Crippen molar-refractivity contribution in [3.8, 4) is 0 Å². The molecule has 0 unspecified atom stereocenters. The Balaban J connectivity index is 3.09. The molecule has 1 rings (SSSR count). The molecule has 0 bridgehead atoms. The quantitative estimate of drug-likeness (QED) is 0.671. The second-order valence-corrected chi connectivity index (χ2v) is 4.31. The van der Waals surface area contributed by atoms with Gasteiger partial charge in [0, 0.05) is 6.54 Å². The summed E-state index contributed by atoms with van der Waals surface area (Å²) < 4.78 is 74.8. The van der Waals surface area contributed by atoms with E-state index in [2.05, 4.69) is 0 Å². The Labute approximate surface area is 112 Å². The fourth-order valence-electron chi connectivity index (χ4n) is 1.79. The van der Waals surface area contributed by atoms with E-state index in [1.807, 2.05) is 0 Å². The molecule has 2 N–H and O–H groups in total. The maximum absolute atomic E-state index is 12.5. The van der Waals surface area contributed by atoms with E-state index in [9.17, 15) is 26.3 Å². The third-order valence-corrected chi connectivity index (χ3v) is 2.56. The van der Waals surface area contributed by atoms with Crippen LogP contribution in [-0.4, -0.2) is 19.3 Å². The van der Waals surface area contributed by atoms with E-state index in [4.69, 9.17) is 5.73 Å². The molecule has 0 aromatic heterocycles. The average molecular weight is 300 g/mol. The molecule has 0 radical (unpaired) electrons. The van der Waals surface area contributed by atoms with Gasteiger partial charge in [-0.15, -0.1) is 0 Å². The monoisotopic (exact) mass is 300 g/mol. The van der Waals surface area contributed by atoms with Crippen molar-refractivity contribution in [2.75, 3.05) is 23.7 Å². The molecule has 114 valence electrons. The van der Waals surface area contributed by atoms with E-state index in [1.54, 1.807) is 6.92 Å². The van der Waals surface area contributed by atoms with Crippen LogP contribution in [0.1, 0.15) is 18.9 Å². The van der Waals surface area contributed by atoms with Gasteiger partial charge < -0.3 is 10.6 Å². The Bertz CT molecular complexity index is 452. The second kappa shape index (κ2) is 5.80. The van der Waals surface area contributed by atoms with Crippen LogP contribution in [0.2, 0.25) is 0 Å². The minimum Gasteiger partial charge on any atom is -0.397 e. The van der Waals surface area contributed by atoms with Gasteiger partial charge in [0.2, 0.25) is 0 Å². The summed E-state index contributed by atoms with van der Waals surface area (Å²) in [5, 5.41) is 0. The molecule has 0 amide bonds. The van der Waals surface area contributed by atoms with Gasteiger partial charge in [-0.2, -0.15) is 26.3 Å². The third kappa shape index (κ3) is 4.50. The zero-order valence-corrected chi connectivity index (χ0v) is 10.6. The Hall–Kier alpha value is -1.60. The van der Waals surface area contributed by atoms with Crippen LogP contribution in [0.25, 0.3) is 0 Å². The second-order valence-electron chi connectivity index (χ2n) is 4.31. The Kier molecular flexibility index (Phi) is 4.77. The molecule has 0 aliphatic heterocycles. The summed E-state index contributed by atoms with van der Waals surface area (Å²) in [4.78, 5) is 0.926. The molecular formula is C12H14F6N2. The molecule has 2 nitrogen and oxygen atoms in total. The van der Waals surface area contributed by atoms with Crippen LogP contribution in [0.3, 0.4) is 0 Å². The fourth-order valence-corrected chi connectivity index (χ4v) is 1.79. The van der Waals surface area contributed by atoms with E-state index in [-0.39, 0.29) is 17.9 Å². The first-order valence-corrected chi connectivity index (χ1v) is 5.83. The van der Waals surface area contributed by atoms with Crippen LogP contribution in [0.5, 0.6) is 0 Å². The molecule has 1 aromatic rings. The van der Waals surface area contributed by atoms with Crippen LogP contribution >= 0.6 is 0 Å². The van der Waals surface area contributed by atoms with Crippen molar-refractivity contribution in [2.24, 2.45) is 0 Å². The highest BCUT2D eigenvalue weighted by Crippen LogP contribution is 2.35. The lowest BCUT2D eigenvalue weighted by Crippen LogP contribution is -2.35. The Morgan fingerprint density at radius 1 is 1.10 bits per heavy atom. The van der Waals surface area contributed by atoms with Crippen LogP contribution < -0.4 is 10.6 Å². The van der Waals surface area contributed by atoms with Crippen molar-refractivity contribution >= 4 is 11.4 Å². The van der Waals surface area contributed by atoms with E-state index in [0.717, 1.165) is 17.0 Å². The predicted molar refractivity (Wildman–Crippen MR) is 64.4 cm³/mol. The van der Waals surface area contributed by atoms with Crippen molar-refractivity contribution in [3.63, 3.8) is 0 Å². The van der Waals surface area contributed by atoms with E-state index < -0.39 is 24.5 Å². The number of nitrogens with two attached hydrogens (primary N) is 1. The lowest BCUT2D eigenvalue weighted by atomic mass is 10.1. The van der Waals surface area contributed by atoms with Crippen molar-refractivity contribution in [2.45, 2.75) is 25.7 Å². The lowest BCUT2D eigenvalue weighted by molar-refractivity contribution is -0.137. The van der Waals surface area contributed by atoms with Gasteiger partial charge in [-0.3, -0.25) is 0 Å². The number of nitrogen functional groups attached to an aromatic ring is 1. The maximum Gasteiger partial charge on any atom is 0.416 e. The number of halogens is 6. The van der Waals surface area contributed by atoms with Gasteiger partial charge in [0.1, 0.15) is 6.54 Å². The fraction of sp³-hybridized carbons (Fsp3) is 0.500. The number of alkyl halides is 6. The van der Waals surface area contributed by atoms with Gasteiger partial charge in [0.05, 0.1) is 16.9 Å². The van der Waals surface area contributed by atoms with Gasteiger partial charge in [-0.05, 0) is 24.6 Å². The van der Waals surface area contributed by atoms with Gasteiger partial charge in [0.25, 0.3) is 0 Å². The highest BCUT2D eigenvalue weighted by atomic mass is 19.4. The SMILES string of the molecule is CCCN(CC(F)(F)F)c1ccc(C(F)(F)F)cc1N. The summed E-state index contributed by atoms with van der Waals surface area (Å²) in [6.07, 6.45) is -8.62. The standard InChI is InChI=1S/C12H14F6N2/c1-2-5-20(7-11(13,14)15)10-4-3-8(6-9(10)19)12(16,17)18/h3-4,6H,2,5,7,19H2,1H3. The van der Waals surface area contributed by atoms with Crippen LogP contribution in [0, 0.1) is 0 Å². The highest BCUT2D eigenvalue weighted by Gasteiger charge is 2.33. The van der Waals surface area contributed by atoms with Crippen LogP contribution in [-0.2, 0) is 6.18 Å². The number of hydrogen-bond donors (Lipinski definition) is 1. The van der Waals surface area contributed by atoms with Crippen LogP contribution in [0.4, 0.5) is 37.7 Å². The minimum atomic E-state index is -4.58. The maximum atomic E-state index is 12.5. The molecule has 0 spiro atoms. The number of benzene rings is 1. The minimum absolute atomic E-state index is 0.0443. The lowest BCUT2D eigenvalue weighted by Gasteiger charge is -2.27. The van der Waals surface area contributed by atoms with Crippen molar-refractivity contribution in [1.82, 2.24) is 0 Å². The van der Waals surface area contributed by atoms with E-state index >= 15 is 0 Å². The summed E-state index contributed by atoms with van der Waals surface area (Å²) in [6.45, 7) is 0.467. The summed E-state index contributed by atoms with van der Waals surface area (Å²) in [6, 6.07) is 2.35. The molecule has 0 fully saturated rings. The molecule has 0 saturated heterocycles. The number of rotatable bonds is 4. The molecule has 0 atom stereocenters. The molecule has 0 heterocycles. The van der Waals surface area contributed by atoms with Crippen LogP contribution in [0.15, 0.2) is 18.2 Å². The van der Waals surface area contributed by atoms with Crippen molar-refractivity contribution < 1.29 is 26.3 Å². The molecule has 8 heteroatoms. The van der Waals surface area contributed by atoms with Gasteiger partial charge >= 0.3 is 12.4 Å². The predicted octanol–water partition coefficient (Wildman–Crippen LogP) is 4.07. The first-order chi connectivity index (χ1) is 9.04. The molecular weight excluding hydrogens is 286 g/mol. The summed E-state index contributed by atoms with van der Waals surface area (Å²) in [7, 11) is 0. The zero-order valence-electron chi connectivity index (χ0n) is 10.6. The van der Waals surface area contributed by atoms with E-state index in [0.29, 0.717) is 12.5 Å². The Morgan fingerprint density at radius 3 is 2.10 bits per heavy atom. The molecule has 20 heavy (non-hydrogen) atoms. The molecule has 0 saturated carbocycles. The summed E-state index contributed by atoms with van der Waals surface area (Å²) >= 11 is 0. The largest absolute Gasteiger partial charge is 0.416 e. The first kappa shape index (κ1) is 16.5. The highest BCUT2D eigenvalue weighted by molar-refractivity contribution is 5.68. The molecule has 1 aromatic carbocycles. The summed E-state index contributed by atoms with van der Waals surface area (Å²) in [5.74, 6) is 0. The summed E-state index contributed by atoms with van der Waals surface area (Å²) in [5.41, 5.74) is 4.11. The normalized spacial score (nSPS) is 12.6. The van der Waals surface area contributed by atoms with Gasteiger partial charge in [-0.25, -0.2) is 0 Å². The average Bonchev–Trinajstić information content (AvgIpc) is 2.25. The smallest absolute Gasteiger partial charge is 0.397 e. The van der Waals surface area contributed by atoms with E-state index in [1.165, 1.54) is 0 Å². The topological polar surface area (TPSA) is 29.3 Å². The number of anilines is 2. The first-order valence-electron chi connectivity index (χ1n) is 5.83. The van der Waals surface area contributed by atoms with Crippen molar-refractivity contribution in [1.29, 1.82) is 0 Å². The molecule has 0 aliphatic carbocycles. The number of hydrogen-bond acceptors (Lipinski definition) is 2.